The van der Waals surface area contributed by atoms with Crippen molar-refractivity contribution in [1.29, 1.82) is 0 Å². The molecule has 0 aliphatic carbocycles. The van der Waals surface area contributed by atoms with E-state index in [1.807, 2.05) is 25.1 Å². The summed E-state index contributed by atoms with van der Waals surface area (Å²) in [5, 5.41) is 3.72. The Balaban J connectivity index is 1.73. The second kappa shape index (κ2) is 6.61. The molecule has 2 heterocycles. The van der Waals surface area contributed by atoms with E-state index in [4.69, 9.17) is 4.52 Å². The second-order valence-electron chi connectivity index (χ2n) is 6.22. The van der Waals surface area contributed by atoms with Gasteiger partial charge in [0.2, 0.25) is 10.0 Å². The largest absolute Gasteiger partial charge is 0.360 e. The van der Waals surface area contributed by atoms with Crippen molar-refractivity contribution in [2.75, 3.05) is 26.2 Å². The Bertz CT molecular complexity index is 877. The van der Waals surface area contributed by atoms with E-state index in [1.54, 1.807) is 24.8 Å². The third kappa shape index (κ3) is 3.32. The predicted octanol–water partition coefficient (Wildman–Crippen LogP) is 1.75. The van der Waals surface area contributed by atoms with E-state index in [-0.39, 0.29) is 29.7 Å². The third-order valence-electron chi connectivity index (χ3n) is 4.36. The molecule has 0 saturated carbocycles. The van der Waals surface area contributed by atoms with Crippen LogP contribution in [0.3, 0.4) is 0 Å². The van der Waals surface area contributed by atoms with Gasteiger partial charge in [-0.05, 0) is 32.9 Å². The number of piperazine rings is 1. The minimum Gasteiger partial charge on any atom is -0.360 e. The summed E-state index contributed by atoms with van der Waals surface area (Å²) in [5.74, 6) is 0.217. The molecule has 0 N–H and O–H groups in total. The molecule has 0 radical (unpaired) electrons. The van der Waals surface area contributed by atoms with Gasteiger partial charge in [0.15, 0.2) is 5.76 Å². The first-order chi connectivity index (χ1) is 11.8. The van der Waals surface area contributed by atoms with Gasteiger partial charge >= 0.3 is 0 Å². The van der Waals surface area contributed by atoms with Crippen LogP contribution in [0.15, 0.2) is 33.7 Å². The Morgan fingerprint density at radius 1 is 1.12 bits per heavy atom. The van der Waals surface area contributed by atoms with Gasteiger partial charge in [0.05, 0.1) is 0 Å². The van der Waals surface area contributed by atoms with E-state index in [0.717, 1.165) is 5.56 Å². The third-order valence-corrected chi connectivity index (χ3v) is 6.50. The highest BCUT2D eigenvalue weighted by Crippen LogP contribution is 2.24. The van der Waals surface area contributed by atoms with Gasteiger partial charge in [-0.25, -0.2) is 8.42 Å². The summed E-state index contributed by atoms with van der Waals surface area (Å²) in [6.45, 7) is 6.36. The number of carbonyl (C=O) groups excluding carboxylic acids is 1. The zero-order valence-electron chi connectivity index (χ0n) is 14.5. The Kier molecular flexibility index (Phi) is 4.66. The molecule has 0 bridgehead atoms. The fourth-order valence-electron chi connectivity index (χ4n) is 3.06. The van der Waals surface area contributed by atoms with E-state index in [2.05, 4.69) is 5.16 Å². The number of carbonyl (C=O) groups is 1. The summed E-state index contributed by atoms with van der Waals surface area (Å²) in [4.78, 5) is 14.4. The maximum absolute atomic E-state index is 12.8. The van der Waals surface area contributed by atoms with E-state index in [0.29, 0.717) is 24.3 Å². The number of benzene rings is 1. The molecule has 134 valence electrons. The van der Waals surface area contributed by atoms with Crippen LogP contribution in [0.5, 0.6) is 0 Å². The fourth-order valence-corrected chi connectivity index (χ4v) is 4.78. The maximum Gasteiger partial charge on any atom is 0.253 e. The molecular weight excluding hydrogens is 342 g/mol. The topological polar surface area (TPSA) is 83.7 Å². The highest BCUT2D eigenvalue weighted by molar-refractivity contribution is 7.89. The normalized spacial score (nSPS) is 16.2. The van der Waals surface area contributed by atoms with Gasteiger partial charge in [0.25, 0.3) is 5.91 Å². The molecule has 0 spiro atoms. The number of hydrogen-bond donors (Lipinski definition) is 0. The number of rotatable bonds is 3. The van der Waals surface area contributed by atoms with Gasteiger partial charge in [-0.1, -0.05) is 22.9 Å². The lowest BCUT2D eigenvalue weighted by Gasteiger charge is -2.34. The molecule has 1 aromatic carbocycles. The molecule has 1 aromatic heterocycles. The summed E-state index contributed by atoms with van der Waals surface area (Å²) in [5.41, 5.74) is 2.00. The van der Waals surface area contributed by atoms with Gasteiger partial charge in [0, 0.05) is 31.7 Å². The van der Waals surface area contributed by atoms with Crippen LogP contribution in [0.4, 0.5) is 0 Å². The highest BCUT2D eigenvalue weighted by atomic mass is 32.2. The molecule has 1 aliphatic rings. The van der Waals surface area contributed by atoms with Crippen LogP contribution in [0.25, 0.3) is 0 Å². The Labute approximate surface area is 147 Å². The van der Waals surface area contributed by atoms with Crippen molar-refractivity contribution in [3.8, 4) is 0 Å². The molecule has 8 heteroatoms. The molecule has 7 nitrogen and oxygen atoms in total. The zero-order valence-corrected chi connectivity index (χ0v) is 15.3. The van der Waals surface area contributed by atoms with Gasteiger partial charge < -0.3 is 9.42 Å². The van der Waals surface area contributed by atoms with Gasteiger partial charge in [0.1, 0.15) is 10.6 Å². The summed E-state index contributed by atoms with van der Waals surface area (Å²) in [6, 6.07) is 7.41. The molecule has 2 aromatic rings. The summed E-state index contributed by atoms with van der Waals surface area (Å²) in [6.07, 6.45) is 0. The minimum atomic E-state index is -3.66. The minimum absolute atomic E-state index is 0.0712. The van der Waals surface area contributed by atoms with E-state index >= 15 is 0 Å². The summed E-state index contributed by atoms with van der Waals surface area (Å²) >= 11 is 0. The van der Waals surface area contributed by atoms with Crippen LogP contribution in [-0.2, 0) is 10.0 Å². The molecule has 3 rings (SSSR count). The van der Waals surface area contributed by atoms with Crippen LogP contribution >= 0.6 is 0 Å². The van der Waals surface area contributed by atoms with Crippen molar-refractivity contribution in [3.05, 3.63) is 46.8 Å². The lowest BCUT2D eigenvalue weighted by Crippen LogP contribution is -2.50. The number of hydrogen-bond acceptors (Lipinski definition) is 5. The molecule has 1 aliphatic heterocycles. The van der Waals surface area contributed by atoms with Gasteiger partial charge in [-0.15, -0.1) is 0 Å². The molecule has 1 amide bonds. The van der Waals surface area contributed by atoms with E-state index in [9.17, 15) is 13.2 Å². The standard InChI is InChI=1S/C17H21N3O4S/c1-12-5-4-6-15(11-12)17(21)19-7-9-20(10-8-19)25(22,23)16-13(2)18-24-14(16)3/h4-6,11H,7-10H2,1-3H3. The molecule has 1 fully saturated rings. The average Bonchev–Trinajstić information content (AvgIpc) is 2.93. The number of sulfonamides is 1. The highest BCUT2D eigenvalue weighted by Gasteiger charge is 2.34. The smallest absolute Gasteiger partial charge is 0.253 e. The Hall–Kier alpha value is -2.19. The van der Waals surface area contributed by atoms with Crippen molar-refractivity contribution < 1.29 is 17.7 Å². The van der Waals surface area contributed by atoms with Crippen molar-refractivity contribution in [2.45, 2.75) is 25.7 Å². The summed E-state index contributed by atoms with van der Waals surface area (Å²) in [7, 11) is -3.66. The molecule has 0 atom stereocenters. The van der Waals surface area contributed by atoms with Gasteiger partial charge in [-0.2, -0.15) is 4.31 Å². The van der Waals surface area contributed by atoms with Crippen molar-refractivity contribution in [2.24, 2.45) is 0 Å². The maximum atomic E-state index is 12.8. The lowest BCUT2D eigenvalue weighted by molar-refractivity contribution is 0.0697. The number of aromatic nitrogens is 1. The monoisotopic (exact) mass is 363 g/mol. The zero-order chi connectivity index (χ0) is 18.2. The van der Waals surface area contributed by atoms with E-state index < -0.39 is 10.0 Å². The van der Waals surface area contributed by atoms with Crippen molar-refractivity contribution in [3.63, 3.8) is 0 Å². The van der Waals surface area contributed by atoms with E-state index in [1.165, 1.54) is 4.31 Å². The van der Waals surface area contributed by atoms with Crippen LogP contribution in [-0.4, -0.2) is 54.9 Å². The first-order valence-corrected chi connectivity index (χ1v) is 9.53. The number of nitrogens with zero attached hydrogens (tertiary/aromatic N) is 3. The molecule has 0 unspecified atom stereocenters. The predicted molar refractivity (Wildman–Crippen MR) is 91.8 cm³/mol. The second-order valence-corrected chi connectivity index (χ2v) is 8.09. The van der Waals surface area contributed by atoms with Crippen LogP contribution < -0.4 is 0 Å². The quantitative estimate of drug-likeness (QED) is 0.829. The fraction of sp³-hybridized carbons (Fsp3) is 0.412. The molecule has 25 heavy (non-hydrogen) atoms. The first kappa shape index (κ1) is 17.6. The number of amides is 1. The first-order valence-electron chi connectivity index (χ1n) is 8.09. The Morgan fingerprint density at radius 2 is 1.80 bits per heavy atom. The lowest BCUT2D eigenvalue weighted by atomic mass is 10.1. The van der Waals surface area contributed by atoms with Gasteiger partial charge in [-0.3, -0.25) is 4.79 Å². The SMILES string of the molecule is Cc1cccc(C(=O)N2CCN(S(=O)(=O)c3c(C)noc3C)CC2)c1. The summed E-state index contributed by atoms with van der Waals surface area (Å²) < 4.78 is 32.0. The van der Waals surface area contributed by atoms with Crippen molar-refractivity contribution in [1.82, 2.24) is 14.4 Å². The Morgan fingerprint density at radius 3 is 2.36 bits per heavy atom. The molecular formula is C17H21N3O4S. The van der Waals surface area contributed by atoms with Crippen molar-refractivity contribution >= 4 is 15.9 Å². The van der Waals surface area contributed by atoms with Crippen LogP contribution in [0.2, 0.25) is 0 Å². The average molecular weight is 363 g/mol. The van der Waals surface area contributed by atoms with Crippen LogP contribution in [0.1, 0.15) is 27.4 Å². The van der Waals surface area contributed by atoms with Crippen LogP contribution in [0, 0.1) is 20.8 Å². The molecule has 1 saturated heterocycles. The number of aryl methyl sites for hydroxylation is 3.